The third kappa shape index (κ3) is 3.16. The maximum absolute atomic E-state index is 12.2. The molecule has 4 rings (SSSR count). The number of carbonyl (C=O) groups excluding carboxylic acids is 2. The number of H-pyrrole nitrogens is 1. The first-order valence-electron chi connectivity index (χ1n) is 8.94. The summed E-state index contributed by atoms with van der Waals surface area (Å²) in [6, 6.07) is 7.20. The molecule has 1 aliphatic carbocycles. The summed E-state index contributed by atoms with van der Waals surface area (Å²) >= 11 is 0. The van der Waals surface area contributed by atoms with Crippen molar-refractivity contribution in [3.05, 3.63) is 52.3 Å². The van der Waals surface area contributed by atoms with Gasteiger partial charge in [-0.25, -0.2) is 0 Å². The smallest absolute Gasteiger partial charge is 0.252 e. The fourth-order valence-corrected chi connectivity index (χ4v) is 3.82. The van der Waals surface area contributed by atoms with E-state index < -0.39 is 0 Å². The van der Waals surface area contributed by atoms with Gasteiger partial charge in [0.1, 0.15) is 0 Å². The van der Waals surface area contributed by atoms with Crippen molar-refractivity contribution in [1.82, 2.24) is 20.8 Å². The molecule has 0 saturated carbocycles. The minimum absolute atomic E-state index is 0.0496. The predicted molar refractivity (Wildman–Crippen MR) is 93.2 cm³/mol. The summed E-state index contributed by atoms with van der Waals surface area (Å²) in [6.07, 6.45) is 5.61. The molecule has 25 heavy (non-hydrogen) atoms. The van der Waals surface area contributed by atoms with Crippen LogP contribution in [-0.2, 0) is 24.1 Å². The Morgan fingerprint density at radius 2 is 2.08 bits per heavy atom. The summed E-state index contributed by atoms with van der Waals surface area (Å²) in [7, 11) is 0. The first kappa shape index (κ1) is 15.9. The van der Waals surface area contributed by atoms with E-state index in [9.17, 15) is 9.59 Å². The lowest BCUT2D eigenvalue weighted by Crippen LogP contribution is -2.30. The second-order valence-electron chi connectivity index (χ2n) is 6.75. The van der Waals surface area contributed by atoms with Gasteiger partial charge < -0.3 is 10.6 Å². The zero-order valence-electron chi connectivity index (χ0n) is 14.1. The number of carbonyl (C=O) groups is 2. The van der Waals surface area contributed by atoms with E-state index in [0.29, 0.717) is 12.1 Å². The zero-order valence-corrected chi connectivity index (χ0v) is 14.1. The molecule has 130 valence electrons. The topological polar surface area (TPSA) is 86.9 Å². The van der Waals surface area contributed by atoms with Gasteiger partial charge in [-0.2, -0.15) is 5.10 Å². The van der Waals surface area contributed by atoms with Gasteiger partial charge in [0.2, 0.25) is 5.91 Å². The quantitative estimate of drug-likeness (QED) is 0.777. The molecule has 6 heteroatoms. The first-order chi connectivity index (χ1) is 12.2. The third-order valence-corrected chi connectivity index (χ3v) is 5.10. The number of aromatic amines is 1. The molecule has 0 spiro atoms. The van der Waals surface area contributed by atoms with Crippen LogP contribution in [0.3, 0.4) is 0 Å². The summed E-state index contributed by atoms with van der Waals surface area (Å²) in [5.74, 6) is -0.150. The van der Waals surface area contributed by atoms with E-state index in [0.717, 1.165) is 30.5 Å². The molecule has 1 aromatic carbocycles. The molecule has 6 nitrogen and oxygen atoms in total. The van der Waals surface area contributed by atoms with Crippen LogP contribution < -0.4 is 10.6 Å². The lowest BCUT2D eigenvalue weighted by molar-refractivity contribution is -0.121. The van der Waals surface area contributed by atoms with E-state index in [1.165, 1.54) is 24.1 Å². The fraction of sp³-hybridized carbons (Fsp3) is 0.421. The Kier molecular flexibility index (Phi) is 4.26. The van der Waals surface area contributed by atoms with Gasteiger partial charge in [-0.05, 0) is 42.9 Å². The molecule has 0 radical (unpaired) electrons. The Balaban J connectivity index is 1.30. The van der Waals surface area contributed by atoms with Crippen molar-refractivity contribution >= 4 is 11.8 Å². The van der Waals surface area contributed by atoms with Gasteiger partial charge in [-0.3, -0.25) is 14.7 Å². The highest BCUT2D eigenvalue weighted by atomic mass is 16.2. The second-order valence-corrected chi connectivity index (χ2v) is 6.75. The number of rotatable bonds is 5. The molecular formula is C19H22N4O2. The minimum atomic E-state index is -0.234. The van der Waals surface area contributed by atoms with Crippen LogP contribution in [0.15, 0.2) is 24.3 Å². The van der Waals surface area contributed by atoms with E-state index in [-0.39, 0.29) is 24.3 Å². The van der Waals surface area contributed by atoms with Gasteiger partial charge in [0.15, 0.2) is 0 Å². The standard InChI is InChI=1S/C19H22N4O2/c24-18(11-17-12-5-1-2-6-13(12)19(25)21-17)20-10-9-16-14-7-3-4-8-15(14)22-23-16/h1-2,5-6,17H,3-4,7-11H2,(H,20,24)(H,21,25)(H,22,23). The van der Waals surface area contributed by atoms with Gasteiger partial charge >= 0.3 is 0 Å². The highest BCUT2D eigenvalue weighted by Gasteiger charge is 2.29. The summed E-state index contributed by atoms with van der Waals surface area (Å²) in [5.41, 5.74) is 5.26. The second kappa shape index (κ2) is 6.70. The van der Waals surface area contributed by atoms with Crippen molar-refractivity contribution in [3.8, 4) is 0 Å². The van der Waals surface area contributed by atoms with E-state index >= 15 is 0 Å². The average molecular weight is 338 g/mol. The van der Waals surface area contributed by atoms with Crippen molar-refractivity contribution in [3.63, 3.8) is 0 Å². The fourth-order valence-electron chi connectivity index (χ4n) is 3.82. The molecule has 2 heterocycles. The Hall–Kier alpha value is -2.63. The van der Waals surface area contributed by atoms with Crippen LogP contribution in [0.5, 0.6) is 0 Å². The maximum atomic E-state index is 12.2. The van der Waals surface area contributed by atoms with Gasteiger partial charge in [-0.1, -0.05) is 18.2 Å². The van der Waals surface area contributed by atoms with Crippen LogP contribution in [0.1, 0.15) is 58.2 Å². The molecule has 1 unspecified atom stereocenters. The molecule has 1 aliphatic heterocycles. The van der Waals surface area contributed by atoms with E-state index in [1.54, 1.807) is 6.07 Å². The van der Waals surface area contributed by atoms with Crippen LogP contribution in [0.25, 0.3) is 0 Å². The van der Waals surface area contributed by atoms with Crippen molar-refractivity contribution in [2.45, 2.75) is 44.6 Å². The number of hydrogen-bond donors (Lipinski definition) is 3. The van der Waals surface area contributed by atoms with Crippen LogP contribution in [0, 0.1) is 0 Å². The maximum Gasteiger partial charge on any atom is 0.252 e. The largest absolute Gasteiger partial charge is 0.356 e. The number of nitrogens with zero attached hydrogens (tertiary/aromatic N) is 1. The number of aromatic nitrogens is 2. The number of amides is 2. The molecular weight excluding hydrogens is 316 g/mol. The van der Waals surface area contributed by atoms with Gasteiger partial charge in [0.25, 0.3) is 5.91 Å². The summed E-state index contributed by atoms with van der Waals surface area (Å²) in [4.78, 5) is 24.2. The van der Waals surface area contributed by atoms with E-state index in [1.807, 2.05) is 18.2 Å². The predicted octanol–water partition coefficient (Wildman–Crippen LogP) is 1.82. The number of fused-ring (bicyclic) bond motifs is 2. The Morgan fingerprint density at radius 1 is 1.24 bits per heavy atom. The number of benzene rings is 1. The van der Waals surface area contributed by atoms with Crippen molar-refractivity contribution in [2.75, 3.05) is 6.54 Å². The molecule has 2 aliphatic rings. The molecule has 2 aromatic rings. The lowest BCUT2D eigenvalue weighted by atomic mass is 9.95. The molecule has 1 aromatic heterocycles. The third-order valence-electron chi connectivity index (χ3n) is 5.10. The van der Waals surface area contributed by atoms with Crippen LogP contribution >= 0.6 is 0 Å². The highest BCUT2D eigenvalue weighted by Crippen LogP contribution is 2.27. The normalized spacial score (nSPS) is 18.4. The van der Waals surface area contributed by atoms with Crippen LogP contribution in [0.2, 0.25) is 0 Å². The molecule has 2 amide bonds. The first-order valence-corrected chi connectivity index (χ1v) is 8.94. The van der Waals surface area contributed by atoms with E-state index in [2.05, 4.69) is 20.8 Å². The van der Waals surface area contributed by atoms with E-state index in [4.69, 9.17) is 0 Å². The Labute approximate surface area is 146 Å². The number of nitrogens with one attached hydrogen (secondary N) is 3. The summed E-state index contributed by atoms with van der Waals surface area (Å²) in [6.45, 7) is 0.568. The lowest BCUT2D eigenvalue weighted by Gasteiger charge is -2.13. The van der Waals surface area contributed by atoms with Crippen LogP contribution in [0.4, 0.5) is 0 Å². The molecule has 0 fully saturated rings. The highest BCUT2D eigenvalue weighted by molar-refractivity contribution is 5.99. The monoisotopic (exact) mass is 338 g/mol. The average Bonchev–Trinajstić information content (AvgIpc) is 3.17. The molecule has 3 N–H and O–H groups in total. The number of hydrogen-bond acceptors (Lipinski definition) is 3. The van der Waals surface area contributed by atoms with Gasteiger partial charge in [0, 0.05) is 24.2 Å². The molecule has 0 bridgehead atoms. The van der Waals surface area contributed by atoms with Gasteiger partial charge in [-0.15, -0.1) is 0 Å². The van der Waals surface area contributed by atoms with Crippen molar-refractivity contribution < 1.29 is 9.59 Å². The SMILES string of the molecule is O=C(CC1NC(=O)c2ccccc21)NCCc1n[nH]c2c1CCCC2. The zero-order chi connectivity index (χ0) is 17.2. The molecule has 1 atom stereocenters. The minimum Gasteiger partial charge on any atom is -0.356 e. The summed E-state index contributed by atoms with van der Waals surface area (Å²) in [5, 5.41) is 13.4. The Morgan fingerprint density at radius 3 is 3.00 bits per heavy atom. The van der Waals surface area contributed by atoms with Crippen molar-refractivity contribution in [1.29, 1.82) is 0 Å². The van der Waals surface area contributed by atoms with Crippen LogP contribution in [-0.4, -0.2) is 28.6 Å². The molecule has 0 saturated heterocycles. The Bertz CT molecular complexity index is 812. The van der Waals surface area contributed by atoms with Gasteiger partial charge in [0.05, 0.1) is 18.2 Å². The van der Waals surface area contributed by atoms with Crippen molar-refractivity contribution in [2.24, 2.45) is 0 Å². The number of aryl methyl sites for hydroxylation is 1. The summed E-state index contributed by atoms with van der Waals surface area (Å²) < 4.78 is 0.